The summed E-state index contributed by atoms with van der Waals surface area (Å²) in [6, 6.07) is 9.45. The lowest BCUT2D eigenvalue weighted by molar-refractivity contribution is -0.137. The number of piperidine rings is 1. The Labute approximate surface area is 176 Å². The molecule has 0 radical (unpaired) electrons. The molecule has 0 N–H and O–H groups in total. The molecule has 1 aliphatic rings. The molecule has 1 saturated heterocycles. The summed E-state index contributed by atoms with van der Waals surface area (Å²) >= 11 is 0. The predicted octanol–water partition coefficient (Wildman–Crippen LogP) is 2.54. The third-order valence-electron chi connectivity index (χ3n) is 5.22. The zero-order valence-corrected chi connectivity index (χ0v) is 17.6. The molecule has 1 aromatic carbocycles. The van der Waals surface area contributed by atoms with Gasteiger partial charge in [-0.2, -0.15) is 4.31 Å². The molecule has 0 bridgehead atoms. The van der Waals surface area contributed by atoms with E-state index in [1.807, 2.05) is 0 Å². The highest BCUT2D eigenvalue weighted by molar-refractivity contribution is 7.89. The summed E-state index contributed by atoms with van der Waals surface area (Å²) in [6.45, 7) is 2.38. The van der Waals surface area contributed by atoms with E-state index in [4.69, 9.17) is 10.8 Å². The Bertz CT molecular complexity index is 1030. The van der Waals surface area contributed by atoms with Crippen molar-refractivity contribution in [2.75, 3.05) is 19.6 Å². The highest BCUT2D eigenvalue weighted by Crippen LogP contribution is 2.26. The Morgan fingerprint density at radius 3 is 2.40 bits per heavy atom. The van der Waals surface area contributed by atoms with Gasteiger partial charge in [0, 0.05) is 24.6 Å². The van der Waals surface area contributed by atoms with Crippen LogP contribution in [-0.4, -0.2) is 48.9 Å². The molecular formula is C22H24N2O5S. The molecule has 3 rings (SSSR count). The first kappa shape index (κ1) is 21.8. The van der Waals surface area contributed by atoms with Gasteiger partial charge in [0.05, 0.1) is 24.2 Å². The highest BCUT2D eigenvalue weighted by atomic mass is 32.2. The van der Waals surface area contributed by atoms with E-state index in [0.717, 1.165) is 0 Å². The molecule has 1 aromatic heterocycles. The Morgan fingerprint density at radius 1 is 1.20 bits per heavy atom. The third kappa shape index (κ3) is 4.81. The summed E-state index contributed by atoms with van der Waals surface area (Å²) in [7, 11) is -3.68. The minimum Gasteiger partial charge on any atom is -0.467 e. The van der Waals surface area contributed by atoms with Crippen molar-refractivity contribution in [2.24, 2.45) is 5.92 Å². The van der Waals surface area contributed by atoms with Crippen molar-refractivity contribution in [3.8, 4) is 12.3 Å². The predicted molar refractivity (Wildman–Crippen MR) is 111 cm³/mol. The van der Waals surface area contributed by atoms with Gasteiger partial charge in [0.1, 0.15) is 5.76 Å². The van der Waals surface area contributed by atoms with E-state index >= 15 is 0 Å². The zero-order chi connectivity index (χ0) is 21.7. The molecule has 0 spiro atoms. The number of sulfonamides is 1. The Kier molecular flexibility index (Phi) is 6.75. The molecule has 0 saturated carbocycles. The van der Waals surface area contributed by atoms with E-state index in [1.165, 1.54) is 35.5 Å². The van der Waals surface area contributed by atoms with Gasteiger partial charge in [-0.3, -0.25) is 9.59 Å². The van der Waals surface area contributed by atoms with E-state index in [2.05, 4.69) is 5.92 Å². The number of rotatable bonds is 7. The van der Waals surface area contributed by atoms with Gasteiger partial charge in [0.2, 0.25) is 15.9 Å². The van der Waals surface area contributed by atoms with Crippen molar-refractivity contribution in [1.82, 2.24) is 9.21 Å². The van der Waals surface area contributed by atoms with Crippen molar-refractivity contribution >= 4 is 21.7 Å². The van der Waals surface area contributed by atoms with E-state index in [-0.39, 0.29) is 48.7 Å². The Morgan fingerprint density at radius 2 is 1.87 bits per heavy atom. The SMILES string of the molecule is C#CCN(Cc1ccco1)C(=O)C1CCN(S(=O)(=O)c2ccc(C(C)=O)cc2)CC1. The van der Waals surface area contributed by atoms with E-state index in [0.29, 0.717) is 24.2 Å². The first-order chi connectivity index (χ1) is 14.3. The van der Waals surface area contributed by atoms with E-state index in [1.54, 1.807) is 23.3 Å². The number of benzene rings is 1. The summed E-state index contributed by atoms with van der Waals surface area (Å²) in [5.74, 6) is 2.64. The van der Waals surface area contributed by atoms with Crippen molar-refractivity contribution < 1.29 is 22.4 Å². The first-order valence-electron chi connectivity index (χ1n) is 9.68. The number of carbonyl (C=O) groups excluding carboxylic acids is 2. The second kappa shape index (κ2) is 9.28. The molecule has 0 aliphatic carbocycles. The van der Waals surface area contributed by atoms with E-state index in [9.17, 15) is 18.0 Å². The van der Waals surface area contributed by atoms with Gasteiger partial charge in [-0.05, 0) is 44.0 Å². The molecule has 158 valence electrons. The van der Waals surface area contributed by atoms with Crippen molar-refractivity contribution in [2.45, 2.75) is 31.2 Å². The number of terminal acetylenes is 1. The van der Waals surface area contributed by atoms with Crippen LogP contribution in [0.25, 0.3) is 0 Å². The first-order valence-corrected chi connectivity index (χ1v) is 11.1. The summed E-state index contributed by atoms with van der Waals surface area (Å²) in [6.07, 6.45) is 7.80. The Balaban J connectivity index is 1.64. The smallest absolute Gasteiger partial charge is 0.243 e. The molecule has 1 aliphatic heterocycles. The lowest BCUT2D eigenvalue weighted by Crippen LogP contribution is -2.44. The number of ketones is 1. The maximum atomic E-state index is 12.9. The fourth-order valence-corrected chi connectivity index (χ4v) is 4.99. The fourth-order valence-electron chi connectivity index (χ4n) is 3.52. The number of hydrogen-bond donors (Lipinski definition) is 0. The monoisotopic (exact) mass is 428 g/mol. The van der Waals surface area contributed by atoms with Crippen LogP contribution in [0.2, 0.25) is 0 Å². The minimum absolute atomic E-state index is 0.0905. The van der Waals surface area contributed by atoms with E-state index < -0.39 is 10.0 Å². The van der Waals surface area contributed by atoms with Crippen LogP contribution in [0.4, 0.5) is 0 Å². The van der Waals surface area contributed by atoms with Crippen molar-refractivity contribution in [1.29, 1.82) is 0 Å². The topological polar surface area (TPSA) is 87.9 Å². The van der Waals surface area contributed by atoms with Crippen molar-refractivity contribution in [3.63, 3.8) is 0 Å². The second-order valence-corrected chi connectivity index (χ2v) is 9.17. The van der Waals surface area contributed by atoms with Crippen LogP contribution < -0.4 is 0 Å². The van der Waals surface area contributed by atoms with Gasteiger partial charge in [0.25, 0.3) is 0 Å². The number of nitrogens with zero attached hydrogens (tertiary/aromatic N) is 2. The lowest BCUT2D eigenvalue weighted by Gasteiger charge is -2.33. The van der Waals surface area contributed by atoms with Crippen LogP contribution in [0.3, 0.4) is 0 Å². The number of amides is 1. The lowest BCUT2D eigenvalue weighted by atomic mass is 9.96. The molecule has 2 aromatic rings. The zero-order valence-electron chi connectivity index (χ0n) is 16.8. The third-order valence-corrected chi connectivity index (χ3v) is 7.14. The summed E-state index contributed by atoms with van der Waals surface area (Å²) in [5.41, 5.74) is 0.461. The van der Waals surface area contributed by atoms with Crippen LogP contribution in [-0.2, 0) is 21.4 Å². The highest BCUT2D eigenvalue weighted by Gasteiger charge is 2.34. The van der Waals surface area contributed by atoms with Gasteiger partial charge in [0.15, 0.2) is 5.78 Å². The van der Waals surface area contributed by atoms with Gasteiger partial charge < -0.3 is 9.32 Å². The van der Waals surface area contributed by atoms with Crippen LogP contribution in [0.15, 0.2) is 52.0 Å². The molecule has 2 heterocycles. The van der Waals surface area contributed by atoms with Crippen molar-refractivity contribution in [3.05, 3.63) is 54.0 Å². The Hall–Kier alpha value is -2.89. The fraction of sp³-hybridized carbons (Fsp3) is 0.364. The molecule has 30 heavy (non-hydrogen) atoms. The maximum Gasteiger partial charge on any atom is 0.243 e. The molecule has 1 fully saturated rings. The standard InChI is InChI=1S/C22H24N2O5S/c1-3-12-23(16-20-5-4-15-29-20)22(26)19-10-13-24(14-11-19)30(27,28)21-8-6-18(7-9-21)17(2)25/h1,4-9,15,19H,10-14,16H2,2H3. The number of hydrogen-bond acceptors (Lipinski definition) is 5. The quantitative estimate of drug-likeness (QED) is 0.500. The van der Waals surface area contributed by atoms with Crippen LogP contribution in [0.5, 0.6) is 0 Å². The largest absolute Gasteiger partial charge is 0.467 e. The normalized spacial score (nSPS) is 15.5. The molecule has 0 unspecified atom stereocenters. The second-order valence-electron chi connectivity index (χ2n) is 7.24. The van der Waals surface area contributed by atoms with Gasteiger partial charge in [-0.1, -0.05) is 18.1 Å². The van der Waals surface area contributed by atoms with Gasteiger partial charge >= 0.3 is 0 Å². The van der Waals surface area contributed by atoms with Gasteiger partial charge in [-0.15, -0.1) is 6.42 Å². The molecule has 1 amide bonds. The molecule has 0 atom stereocenters. The molecule has 8 heteroatoms. The van der Waals surface area contributed by atoms with Crippen LogP contribution >= 0.6 is 0 Å². The average Bonchev–Trinajstić information content (AvgIpc) is 3.26. The van der Waals surface area contributed by atoms with Crippen LogP contribution in [0, 0.1) is 18.3 Å². The summed E-state index contributed by atoms with van der Waals surface area (Å²) in [4.78, 5) is 26.0. The summed E-state index contributed by atoms with van der Waals surface area (Å²) < 4.78 is 32.5. The van der Waals surface area contributed by atoms with Gasteiger partial charge in [-0.25, -0.2) is 8.42 Å². The average molecular weight is 429 g/mol. The number of Topliss-reactive ketones (excluding diaryl/α,β-unsaturated/α-hetero) is 1. The summed E-state index contributed by atoms with van der Waals surface area (Å²) in [5, 5.41) is 0. The number of furan rings is 1. The number of carbonyl (C=O) groups is 2. The maximum absolute atomic E-state index is 12.9. The minimum atomic E-state index is -3.68. The molecular weight excluding hydrogens is 404 g/mol. The molecule has 7 nitrogen and oxygen atoms in total. The van der Waals surface area contributed by atoms with Crippen LogP contribution in [0.1, 0.15) is 35.9 Å².